The second-order valence-electron chi connectivity index (χ2n) is 2.98. The lowest BCUT2D eigenvalue weighted by atomic mass is 10.1. The molecule has 0 radical (unpaired) electrons. The van der Waals surface area contributed by atoms with Crippen LogP contribution in [0.1, 0.15) is 19.4 Å². The molecule has 0 unspecified atom stereocenters. The fourth-order valence-electron chi connectivity index (χ4n) is 0.922. The van der Waals surface area contributed by atoms with Crippen molar-refractivity contribution >= 4 is 11.9 Å². The molecule has 1 N–H and O–H groups in total. The van der Waals surface area contributed by atoms with Crippen LogP contribution in [0.4, 0.5) is 0 Å². The van der Waals surface area contributed by atoms with Gasteiger partial charge in [0.05, 0.1) is 0 Å². The van der Waals surface area contributed by atoms with Gasteiger partial charge in [0.15, 0.2) is 5.78 Å². The van der Waals surface area contributed by atoms with Gasteiger partial charge in [-0.2, -0.15) is 0 Å². The zero-order valence-electron chi connectivity index (χ0n) is 7.74. The van der Waals surface area contributed by atoms with Gasteiger partial charge in [0.1, 0.15) is 5.75 Å². The Morgan fingerprint density at radius 1 is 1.23 bits per heavy atom. The molecule has 2 heteroatoms. The number of carbonyl (C=O) groups excluding carboxylic acids is 1. The van der Waals surface area contributed by atoms with Crippen LogP contribution < -0.4 is 0 Å². The van der Waals surface area contributed by atoms with Crippen LogP contribution in [0.15, 0.2) is 29.8 Å². The third-order valence-corrected chi connectivity index (χ3v) is 1.83. The molecule has 0 saturated carbocycles. The lowest BCUT2D eigenvalue weighted by Gasteiger charge is -1.96. The van der Waals surface area contributed by atoms with E-state index < -0.39 is 0 Å². The van der Waals surface area contributed by atoms with Crippen molar-refractivity contribution in [1.82, 2.24) is 0 Å². The summed E-state index contributed by atoms with van der Waals surface area (Å²) in [6.07, 6.45) is 1.79. The maximum atomic E-state index is 10.9. The summed E-state index contributed by atoms with van der Waals surface area (Å²) in [6.45, 7) is 3.31. The van der Waals surface area contributed by atoms with Crippen LogP contribution in [-0.2, 0) is 4.79 Å². The molecule has 1 aromatic carbocycles. The van der Waals surface area contributed by atoms with E-state index in [-0.39, 0.29) is 11.5 Å². The summed E-state index contributed by atoms with van der Waals surface area (Å²) < 4.78 is 0. The summed E-state index contributed by atoms with van der Waals surface area (Å²) in [5, 5.41) is 9.01. The molecule has 0 saturated heterocycles. The third-order valence-electron chi connectivity index (χ3n) is 1.83. The molecule has 0 heterocycles. The smallest absolute Gasteiger partial charge is 0.155 e. The molecule has 1 rings (SSSR count). The van der Waals surface area contributed by atoms with E-state index in [1.54, 1.807) is 37.3 Å². The second-order valence-corrected chi connectivity index (χ2v) is 2.98. The molecule has 2 nitrogen and oxygen atoms in total. The molecule has 0 bridgehead atoms. The average molecular weight is 176 g/mol. The van der Waals surface area contributed by atoms with Crippen LogP contribution in [0, 0.1) is 0 Å². The number of carbonyl (C=O) groups is 1. The molecule has 13 heavy (non-hydrogen) atoms. The number of phenols is 1. The number of allylic oxidation sites excluding steroid dienone is 1. The Morgan fingerprint density at radius 3 is 2.23 bits per heavy atom. The molecular weight excluding hydrogens is 164 g/mol. The van der Waals surface area contributed by atoms with Crippen LogP contribution >= 0.6 is 0 Å². The van der Waals surface area contributed by atoms with Gasteiger partial charge in [-0.3, -0.25) is 4.79 Å². The minimum Gasteiger partial charge on any atom is -0.508 e. The minimum atomic E-state index is 0.0630. The first kappa shape index (κ1) is 9.52. The van der Waals surface area contributed by atoms with E-state index in [0.717, 1.165) is 5.56 Å². The number of hydrogen-bond donors (Lipinski definition) is 1. The minimum absolute atomic E-state index is 0.0630. The molecule has 0 spiro atoms. The Hall–Kier alpha value is -1.57. The number of rotatable bonds is 2. The number of aromatic hydroxyl groups is 1. The average Bonchev–Trinajstić information content (AvgIpc) is 2.08. The summed E-state index contributed by atoms with van der Waals surface area (Å²) in [4.78, 5) is 10.9. The Kier molecular flexibility index (Phi) is 2.85. The quantitative estimate of drug-likeness (QED) is 0.702. The number of ketones is 1. The molecule has 1 aromatic rings. The Labute approximate surface area is 77.5 Å². The Morgan fingerprint density at radius 2 is 1.77 bits per heavy atom. The number of benzene rings is 1. The van der Waals surface area contributed by atoms with Crippen LogP contribution in [0.3, 0.4) is 0 Å². The monoisotopic (exact) mass is 176 g/mol. The molecular formula is C11H12O2. The predicted molar refractivity (Wildman–Crippen MR) is 52.4 cm³/mol. The highest BCUT2D eigenvalue weighted by Crippen LogP contribution is 2.12. The standard InChI is InChI=1S/C11H12O2/c1-8(9(2)12)7-10-3-5-11(13)6-4-10/h3-7,13H,1-2H3. The Bertz CT molecular complexity index is 334. The van der Waals surface area contributed by atoms with Crippen molar-refractivity contribution in [3.63, 3.8) is 0 Å². The third kappa shape index (κ3) is 2.75. The first-order chi connectivity index (χ1) is 6.09. The summed E-state index contributed by atoms with van der Waals surface area (Å²) in [7, 11) is 0. The molecule has 0 aliphatic carbocycles. The maximum Gasteiger partial charge on any atom is 0.155 e. The number of Topliss-reactive ketones (excluding diaryl/α,β-unsaturated/α-hetero) is 1. The zero-order chi connectivity index (χ0) is 9.84. The zero-order valence-corrected chi connectivity index (χ0v) is 7.74. The number of phenolic OH excluding ortho intramolecular Hbond substituents is 1. The van der Waals surface area contributed by atoms with Crippen molar-refractivity contribution in [2.45, 2.75) is 13.8 Å². The highest BCUT2D eigenvalue weighted by molar-refractivity contribution is 5.97. The van der Waals surface area contributed by atoms with E-state index in [2.05, 4.69) is 0 Å². The van der Waals surface area contributed by atoms with Crippen molar-refractivity contribution in [2.75, 3.05) is 0 Å². The van der Waals surface area contributed by atoms with Gasteiger partial charge in [-0.15, -0.1) is 0 Å². The van der Waals surface area contributed by atoms with Crippen molar-refractivity contribution in [3.05, 3.63) is 35.4 Å². The van der Waals surface area contributed by atoms with E-state index in [4.69, 9.17) is 5.11 Å². The van der Waals surface area contributed by atoms with E-state index in [1.165, 1.54) is 6.92 Å². The largest absolute Gasteiger partial charge is 0.508 e. The first-order valence-electron chi connectivity index (χ1n) is 4.08. The van der Waals surface area contributed by atoms with Crippen molar-refractivity contribution in [2.24, 2.45) is 0 Å². The van der Waals surface area contributed by atoms with Crippen LogP contribution in [0.5, 0.6) is 5.75 Å². The molecule has 0 aliphatic heterocycles. The summed E-state index contributed by atoms with van der Waals surface area (Å²) >= 11 is 0. The summed E-state index contributed by atoms with van der Waals surface area (Å²) in [5.74, 6) is 0.297. The van der Waals surface area contributed by atoms with Crippen molar-refractivity contribution in [1.29, 1.82) is 0 Å². The Balaban J connectivity index is 2.92. The second kappa shape index (κ2) is 3.90. The normalized spacial score (nSPS) is 11.4. The lowest BCUT2D eigenvalue weighted by molar-refractivity contribution is -0.113. The van der Waals surface area contributed by atoms with Crippen molar-refractivity contribution in [3.8, 4) is 5.75 Å². The van der Waals surface area contributed by atoms with E-state index in [0.29, 0.717) is 5.57 Å². The van der Waals surface area contributed by atoms with E-state index >= 15 is 0 Å². The van der Waals surface area contributed by atoms with Crippen LogP contribution in [0.2, 0.25) is 0 Å². The topological polar surface area (TPSA) is 37.3 Å². The summed E-state index contributed by atoms with van der Waals surface area (Å²) in [5.41, 5.74) is 1.64. The molecule has 0 fully saturated rings. The fraction of sp³-hybridized carbons (Fsp3) is 0.182. The van der Waals surface area contributed by atoms with Gasteiger partial charge in [0.25, 0.3) is 0 Å². The van der Waals surface area contributed by atoms with Crippen LogP contribution in [0.25, 0.3) is 6.08 Å². The highest BCUT2D eigenvalue weighted by atomic mass is 16.3. The van der Waals surface area contributed by atoms with Crippen molar-refractivity contribution < 1.29 is 9.90 Å². The molecule has 0 aromatic heterocycles. The highest BCUT2D eigenvalue weighted by Gasteiger charge is 1.96. The fourth-order valence-corrected chi connectivity index (χ4v) is 0.922. The predicted octanol–water partition coefficient (Wildman–Crippen LogP) is 2.38. The molecule has 68 valence electrons. The van der Waals surface area contributed by atoms with Gasteiger partial charge in [-0.25, -0.2) is 0 Å². The van der Waals surface area contributed by atoms with Gasteiger partial charge < -0.3 is 5.11 Å². The molecule has 0 aliphatic rings. The van der Waals surface area contributed by atoms with Gasteiger partial charge in [-0.05, 0) is 43.2 Å². The molecule has 0 atom stereocenters. The van der Waals surface area contributed by atoms with Gasteiger partial charge >= 0.3 is 0 Å². The van der Waals surface area contributed by atoms with Gasteiger partial charge in [0.2, 0.25) is 0 Å². The first-order valence-corrected chi connectivity index (χ1v) is 4.08. The SMILES string of the molecule is CC(=O)C(C)=Cc1ccc(O)cc1. The van der Waals surface area contributed by atoms with Gasteiger partial charge in [-0.1, -0.05) is 12.1 Å². The lowest BCUT2D eigenvalue weighted by Crippen LogP contribution is -1.90. The molecule has 0 amide bonds. The number of hydrogen-bond acceptors (Lipinski definition) is 2. The van der Waals surface area contributed by atoms with E-state index in [9.17, 15) is 4.79 Å². The van der Waals surface area contributed by atoms with Gasteiger partial charge in [0, 0.05) is 0 Å². The van der Waals surface area contributed by atoms with E-state index in [1.807, 2.05) is 0 Å². The van der Waals surface area contributed by atoms with Crippen LogP contribution in [-0.4, -0.2) is 10.9 Å². The summed E-state index contributed by atoms with van der Waals surface area (Å²) in [6, 6.07) is 6.72. The maximum absolute atomic E-state index is 10.9.